The lowest BCUT2D eigenvalue weighted by atomic mass is 10.0. The average molecular weight is 304 g/mol. The van der Waals surface area contributed by atoms with Gasteiger partial charge in [0, 0.05) is 35.6 Å². The predicted octanol–water partition coefficient (Wildman–Crippen LogP) is 2.84. The Morgan fingerprint density at radius 3 is 2.86 bits per heavy atom. The number of benzene rings is 1. The van der Waals surface area contributed by atoms with Gasteiger partial charge in [0.1, 0.15) is 0 Å². The molecule has 3 rings (SSSR count). The quantitative estimate of drug-likeness (QED) is 0.761. The van der Waals surface area contributed by atoms with Gasteiger partial charge in [-0.05, 0) is 30.3 Å². The van der Waals surface area contributed by atoms with Crippen LogP contribution in [0.25, 0.3) is 0 Å². The number of likely N-dealkylation sites (N-methyl/N-ethyl adjacent to an activating group) is 1. The van der Waals surface area contributed by atoms with E-state index >= 15 is 0 Å². The van der Waals surface area contributed by atoms with Crippen LogP contribution in [0.4, 0.5) is 10.1 Å². The van der Waals surface area contributed by atoms with Crippen LogP contribution in [-0.4, -0.2) is 29.9 Å². The van der Waals surface area contributed by atoms with Crippen molar-refractivity contribution in [2.45, 2.75) is 6.30 Å². The third-order valence-corrected chi connectivity index (χ3v) is 3.52. The van der Waals surface area contributed by atoms with Crippen LogP contribution in [0.2, 0.25) is 5.02 Å². The van der Waals surface area contributed by atoms with E-state index in [9.17, 15) is 9.18 Å². The lowest BCUT2D eigenvalue weighted by Crippen LogP contribution is -2.32. The van der Waals surface area contributed by atoms with Crippen LogP contribution in [0.1, 0.15) is 11.1 Å². The average Bonchev–Trinajstić information content (AvgIpc) is 2.59. The summed E-state index contributed by atoms with van der Waals surface area (Å²) in [4.78, 5) is 21.2. The molecule has 6 heteroatoms. The van der Waals surface area contributed by atoms with Crippen molar-refractivity contribution in [3.63, 3.8) is 0 Å². The summed E-state index contributed by atoms with van der Waals surface area (Å²) in [6.07, 6.45) is 1.24. The topological polar surface area (TPSA) is 45.6 Å². The molecule has 1 aromatic carbocycles. The fourth-order valence-corrected chi connectivity index (χ4v) is 2.41. The van der Waals surface area contributed by atoms with Crippen LogP contribution >= 0.6 is 11.6 Å². The number of pyridine rings is 1. The Morgan fingerprint density at radius 2 is 2.14 bits per heavy atom. The van der Waals surface area contributed by atoms with Gasteiger partial charge in [0.25, 0.3) is 12.2 Å². The standard InChI is InChI=1S/C15H11ClFN3O/c1-20-12-5-4-10(16)7-11(12)13(19-14(17)15(20)21)9-3-2-6-18-8-9/h2-8,14H,1H3. The molecular formula is C15H11ClFN3O. The summed E-state index contributed by atoms with van der Waals surface area (Å²) < 4.78 is 14.1. The molecule has 2 aromatic rings. The van der Waals surface area contributed by atoms with Crippen LogP contribution in [-0.2, 0) is 4.79 Å². The van der Waals surface area contributed by atoms with Gasteiger partial charge in [-0.3, -0.25) is 9.78 Å². The molecule has 2 heterocycles. The molecule has 4 nitrogen and oxygen atoms in total. The monoisotopic (exact) mass is 303 g/mol. The third-order valence-electron chi connectivity index (χ3n) is 3.29. The number of carbonyl (C=O) groups is 1. The van der Waals surface area contributed by atoms with Crippen molar-refractivity contribution in [1.29, 1.82) is 0 Å². The van der Waals surface area contributed by atoms with E-state index in [4.69, 9.17) is 11.6 Å². The first-order valence-electron chi connectivity index (χ1n) is 6.27. The summed E-state index contributed by atoms with van der Waals surface area (Å²) in [5.41, 5.74) is 2.16. The Morgan fingerprint density at radius 1 is 1.33 bits per heavy atom. The summed E-state index contributed by atoms with van der Waals surface area (Å²) in [5, 5.41) is 0.489. The number of hydrogen-bond donors (Lipinski definition) is 0. The maximum Gasteiger partial charge on any atom is 0.284 e. The molecule has 0 N–H and O–H groups in total. The fraction of sp³-hybridized carbons (Fsp3) is 0.133. The number of fused-ring (bicyclic) bond motifs is 1. The number of rotatable bonds is 1. The van der Waals surface area contributed by atoms with E-state index in [0.717, 1.165) is 0 Å². The molecular weight excluding hydrogens is 293 g/mol. The normalized spacial score (nSPS) is 18.0. The zero-order chi connectivity index (χ0) is 15.0. The largest absolute Gasteiger partial charge is 0.311 e. The molecule has 0 fully saturated rings. The molecule has 1 amide bonds. The highest BCUT2D eigenvalue weighted by atomic mass is 35.5. The summed E-state index contributed by atoms with van der Waals surface area (Å²) in [5.74, 6) is -0.711. The zero-order valence-electron chi connectivity index (χ0n) is 11.1. The van der Waals surface area contributed by atoms with E-state index in [-0.39, 0.29) is 0 Å². The van der Waals surface area contributed by atoms with Gasteiger partial charge in [-0.2, -0.15) is 0 Å². The second-order valence-corrected chi connectivity index (χ2v) is 5.05. The molecule has 1 aromatic heterocycles. The number of alkyl halides is 1. The highest BCUT2D eigenvalue weighted by molar-refractivity contribution is 6.32. The Kier molecular flexibility index (Phi) is 3.43. The van der Waals surface area contributed by atoms with Crippen LogP contribution in [0, 0.1) is 0 Å². The van der Waals surface area contributed by atoms with Crippen molar-refractivity contribution < 1.29 is 9.18 Å². The van der Waals surface area contributed by atoms with Crippen molar-refractivity contribution in [3.05, 3.63) is 58.9 Å². The number of amides is 1. The fourth-order valence-electron chi connectivity index (χ4n) is 2.24. The van der Waals surface area contributed by atoms with Gasteiger partial charge >= 0.3 is 0 Å². The van der Waals surface area contributed by atoms with Gasteiger partial charge in [0.05, 0.1) is 11.4 Å². The minimum absolute atomic E-state index is 0.366. The number of aromatic nitrogens is 1. The number of hydrogen-bond acceptors (Lipinski definition) is 3. The first kappa shape index (κ1) is 13.7. The van der Waals surface area contributed by atoms with Crippen molar-refractivity contribution in [2.24, 2.45) is 4.99 Å². The number of halogens is 2. The summed E-state index contributed by atoms with van der Waals surface area (Å²) in [6.45, 7) is 0. The van der Waals surface area contributed by atoms with Crippen LogP contribution in [0.15, 0.2) is 47.7 Å². The predicted molar refractivity (Wildman–Crippen MR) is 79.6 cm³/mol. The lowest BCUT2D eigenvalue weighted by molar-refractivity contribution is -0.122. The minimum atomic E-state index is -1.95. The third kappa shape index (κ3) is 2.40. The molecule has 0 spiro atoms. The smallest absolute Gasteiger partial charge is 0.284 e. The second kappa shape index (κ2) is 5.26. The van der Waals surface area contributed by atoms with Crippen LogP contribution in [0.3, 0.4) is 0 Å². The van der Waals surface area contributed by atoms with E-state index < -0.39 is 12.2 Å². The number of aliphatic imine (C=N–C) groups is 1. The maximum absolute atomic E-state index is 14.1. The molecule has 1 atom stereocenters. The number of benzodiazepines with no additional fused rings is 1. The Bertz CT molecular complexity index is 733. The van der Waals surface area contributed by atoms with E-state index in [1.165, 1.54) is 11.9 Å². The SMILES string of the molecule is CN1C(=O)C(F)N=C(c2cccnc2)c2cc(Cl)ccc21. The molecule has 0 saturated carbocycles. The summed E-state index contributed by atoms with van der Waals surface area (Å²) >= 11 is 6.04. The molecule has 1 aliphatic heterocycles. The first-order valence-corrected chi connectivity index (χ1v) is 6.65. The molecule has 0 radical (unpaired) electrons. The number of carbonyl (C=O) groups excluding carboxylic acids is 1. The van der Waals surface area contributed by atoms with E-state index in [0.29, 0.717) is 27.5 Å². The first-order chi connectivity index (χ1) is 10.1. The molecule has 21 heavy (non-hydrogen) atoms. The van der Waals surface area contributed by atoms with Gasteiger partial charge in [-0.25, -0.2) is 9.38 Å². The van der Waals surface area contributed by atoms with Crippen molar-refractivity contribution in [2.75, 3.05) is 11.9 Å². The van der Waals surface area contributed by atoms with Crippen molar-refractivity contribution >= 4 is 28.9 Å². The van der Waals surface area contributed by atoms with E-state index in [1.54, 1.807) is 42.7 Å². The molecule has 106 valence electrons. The number of nitrogens with zero attached hydrogens (tertiary/aromatic N) is 3. The molecule has 0 aliphatic carbocycles. The second-order valence-electron chi connectivity index (χ2n) is 4.61. The molecule has 1 aliphatic rings. The Hall–Kier alpha value is -2.27. The maximum atomic E-state index is 14.1. The highest BCUT2D eigenvalue weighted by Crippen LogP contribution is 2.30. The van der Waals surface area contributed by atoms with Gasteiger partial charge in [-0.1, -0.05) is 11.6 Å². The van der Waals surface area contributed by atoms with Crippen LogP contribution < -0.4 is 4.90 Å². The van der Waals surface area contributed by atoms with Crippen LogP contribution in [0.5, 0.6) is 0 Å². The number of anilines is 1. The summed E-state index contributed by atoms with van der Waals surface area (Å²) in [6, 6.07) is 8.50. The van der Waals surface area contributed by atoms with Gasteiger partial charge in [0.15, 0.2) is 0 Å². The van der Waals surface area contributed by atoms with Crippen molar-refractivity contribution in [1.82, 2.24) is 4.98 Å². The van der Waals surface area contributed by atoms with E-state index in [2.05, 4.69) is 9.98 Å². The minimum Gasteiger partial charge on any atom is -0.311 e. The zero-order valence-corrected chi connectivity index (χ0v) is 11.9. The van der Waals surface area contributed by atoms with Gasteiger partial charge in [-0.15, -0.1) is 0 Å². The Balaban J connectivity index is 2.27. The molecule has 0 saturated heterocycles. The Labute approximate surface area is 125 Å². The van der Waals surface area contributed by atoms with Crippen molar-refractivity contribution in [3.8, 4) is 0 Å². The van der Waals surface area contributed by atoms with Gasteiger partial charge in [0.2, 0.25) is 0 Å². The highest BCUT2D eigenvalue weighted by Gasteiger charge is 2.29. The lowest BCUT2D eigenvalue weighted by Gasteiger charge is -2.18. The molecule has 1 unspecified atom stereocenters. The summed E-state index contributed by atoms with van der Waals surface area (Å²) in [7, 11) is 1.52. The van der Waals surface area contributed by atoms with E-state index in [1.807, 2.05) is 0 Å². The molecule has 0 bridgehead atoms. The van der Waals surface area contributed by atoms with Gasteiger partial charge < -0.3 is 4.90 Å².